The zero-order chi connectivity index (χ0) is 15.1. The Morgan fingerprint density at radius 3 is 2.55 bits per heavy atom. The normalized spacial score (nSPS) is 19.5. The van der Waals surface area contributed by atoms with Gasteiger partial charge in [-0.15, -0.1) is 0 Å². The number of halogens is 4. The Labute approximate surface area is 117 Å². The number of alkyl halides is 3. The molecule has 0 saturated carbocycles. The lowest BCUT2D eigenvalue weighted by Gasteiger charge is -2.19. The van der Waals surface area contributed by atoms with Crippen LogP contribution < -0.4 is 10.6 Å². The van der Waals surface area contributed by atoms with Gasteiger partial charge in [0, 0.05) is 13.0 Å². The molecule has 1 heterocycles. The molecule has 1 atom stereocenters. The molecule has 1 aromatic carbocycles. The summed E-state index contributed by atoms with van der Waals surface area (Å²) in [6, 6.07) is 2.70. The predicted molar refractivity (Wildman–Crippen MR) is 66.1 cm³/mol. The third kappa shape index (κ3) is 2.72. The number of amides is 2. The first-order valence-electron chi connectivity index (χ1n) is 5.66. The van der Waals surface area contributed by atoms with Crippen molar-refractivity contribution in [2.75, 3.05) is 11.4 Å². The van der Waals surface area contributed by atoms with Gasteiger partial charge in [-0.25, -0.2) is 0 Å². The molecule has 1 fully saturated rings. The summed E-state index contributed by atoms with van der Waals surface area (Å²) in [5.74, 6) is -1.85. The van der Waals surface area contributed by atoms with E-state index in [4.69, 9.17) is 17.3 Å². The number of benzene rings is 1. The molecule has 2 rings (SSSR count). The molecule has 2 N–H and O–H groups in total. The van der Waals surface area contributed by atoms with Gasteiger partial charge in [-0.1, -0.05) is 11.6 Å². The van der Waals surface area contributed by atoms with Crippen LogP contribution in [0.4, 0.5) is 18.9 Å². The Bertz CT molecular complexity index is 574. The van der Waals surface area contributed by atoms with Crippen LogP contribution in [0.5, 0.6) is 0 Å². The van der Waals surface area contributed by atoms with E-state index in [2.05, 4.69) is 0 Å². The van der Waals surface area contributed by atoms with Gasteiger partial charge in [0.25, 0.3) is 0 Å². The van der Waals surface area contributed by atoms with E-state index >= 15 is 0 Å². The van der Waals surface area contributed by atoms with Gasteiger partial charge in [-0.2, -0.15) is 13.2 Å². The van der Waals surface area contributed by atoms with Crippen molar-refractivity contribution in [2.24, 2.45) is 11.7 Å². The van der Waals surface area contributed by atoms with E-state index in [-0.39, 0.29) is 23.7 Å². The van der Waals surface area contributed by atoms with Crippen LogP contribution in [-0.4, -0.2) is 18.4 Å². The SMILES string of the molecule is NC(=O)[C@H]1CC(=O)N(c2cc(C(F)(F)F)ccc2Cl)C1. The maximum Gasteiger partial charge on any atom is 0.416 e. The Morgan fingerprint density at radius 1 is 1.40 bits per heavy atom. The van der Waals surface area contributed by atoms with Crippen LogP contribution in [-0.2, 0) is 15.8 Å². The summed E-state index contributed by atoms with van der Waals surface area (Å²) in [4.78, 5) is 23.9. The topological polar surface area (TPSA) is 63.4 Å². The summed E-state index contributed by atoms with van der Waals surface area (Å²) in [6.45, 7) is -0.0603. The third-order valence-electron chi connectivity index (χ3n) is 3.09. The second-order valence-electron chi connectivity index (χ2n) is 4.47. The van der Waals surface area contributed by atoms with Crippen molar-refractivity contribution in [1.82, 2.24) is 0 Å². The first-order chi connectivity index (χ1) is 9.20. The van der Waals surface area contributed by atoms with E-state index < -0.39 is 29.5 Å². The van der Waals surface area contributed by atoms with Crippen molar-refractivity contribution in [2.45, 2.75) is 12.6 Å². The fourth-order valence-electron chi connectivity index (χ4n) is 2.03. The van der Waals surface area contributed by atoms with Crippen LogP contribution in [0.1, 0.15) is 12.0 Å². The standard InChI is InChI=1S/C12H10ClF3N2O2/c13-8-2-1-7(12(14,15)16)4-9(8)18-5-6(11(17)20)3-10(18)19/h1-2,4,6H,3,5H2,(H2,17,20)/t6-/m0/s1. The van der Waals surface area contributed by atoms with E-state index in [0.29, 0.717) is 0 Å². The molecule has 8 heteroatoms. The molecular weight excluding hydrogens is 297 g/mol. The average molecular weight is 307 g/mol. The minimum atomic E-state index is -4.54. The number of anilines is 1. The lowest BCUT2D eigenvalue weighted by atomic mass is 10.1. The van der Waals surface area contributed by atoms with Crippen molar-refractivity contribution in [3.63, 3.8) is 0 Å². The van der Waals surface area contributed by atoms with E-state index in [1.807, 2.05) is 0 Å². The molecule has 1 aromatic rings. The number of nitrogens with two attached hydrogens (primary N) is 1. The maximum absolute atomic E-state index is 12.7. The number of nitrogens with zero attached hydrogens (tertiary/aromatic N) is 1. The van der Waals surface area contributed by atoms with E-state index in [1.54, 1.807) is 0 Å². The molecule has 0 bridgehead atoms. The molecule has 0 unspecified atom stereocenters. The zero-order valence-corrected chi connectivity index (χ0v) is 10.8. The third-order valence-corrected chi connectivity index (χ3v) is 3.41. The number of hydrogen-bond donors (Lipinski definition) is 1. The number of carbonyl (C=O) groups excluding carboxylic acids is 2. The van der Waals surface area contributed by atoms with Crippen molar-refractivity contribution < 1.29 is 22.8 Å². The molecular formula is C12H10ClF3N2O2. The lowest BCUT2D eigenvalue weighted by molar-refractivity contribution is -0.137. The van der Waals surface area contributed by atoms with Crippen molar-refractivity contribution in [1.29, 1.82) is 0 Å². The molecule has 20 heavy (non-hydrogen) atoms. The number of carbonyl (C=O) groups is 2. The first-order valence-corrected chi connectivity index (χ1v) is 6.04. The van der Waals surface area contributed by atoms with Gasteiger partial charge in [0.1, 0.15) is 0 Å². The maximum atomic E-state index is 12.7. The highest BCUT2D eigenvalue weighted by molar-refractivity contribution is 6.34. The Balaban J connectivity index is 2.38. The molecule has 108 valence electrons. The Kier molecular flexibility index (Phi) is 3.64. The smallest absolute Gasteiger partial charge is 0.369 e. The van der Waals surface area contributed by atoms with Crippen molar-refractivity contribution in [3.8, 4) is 0 Å². The van der Waals surface area contributed by atoms with Gasteiger partial charge in [0.05, 0.1) is 22.2 Å². The summed E-state index contributed by atoms with van der Waals surface area (Å²) in [5, 5.41) is 0.0106. The number of rotatable bonds is 2. The van der Waals surface area contributed by atoms with Crippen LogP contribution in [0, 0.1) is 5.92 Å². The number of hydrogen-bond acceptors (Lipinski definition) is 2. The van der Waals surface area contributed by atoms with Gasteiger partial charge >= 0.3 is 6.18 Å². The van der Waals surface area contributed by atoms with Crippen LogP contribution in [0.3, 0.4) is 0 Å². The fourth-order valence-corrected chi connectivity index (χ4v) is 2.25. The van der Waals surface area contributed by atoms with Gasteiger partial charge in [0.15, 0.2) is 0 Å². The zero-order valence-electron chi connectivity index (χ0n) is 10.1. The lowest BCUT2D eigenvalue weighted by Crippen LogP contribution is -2.28. The molecule has 0 aliphatic carbocycles. The average Bonchev–Trinajstić information content (AvgIpc) is 2.70. The summed E-state index contributed by atoms with van der Waals surface area (Å²) in [5.41, 5.74) is 4.14. The molecule has 1 aliphatic heterocycles. The predicted octanol–water partition coefficient (Wildman–Crippen LogP) is 2.20. The van der Waals surface area contributed by atoms with Crippen LogP contribution in [0.25, 0.3) is 0 Å². The Morgan fingerprint density at radius 2 is 2.05 bits per heavy atom. The van der Waals surface area contributed by atoms with Gasteiger partial charge in [-0.3, -0.25) is 9.59 Å². The first kappa shape index (κ1) is 14.6. The highest BCUT2D eigenvalue weighted by Gasteiger charge is 2.37. The molecule has 1 saturated heterocycles. The highest BCUT2D eigenvalue weighted by atomic mass is 35.5. The highest BCUT2D eigenvalue weighted by Crippen LogP contribution is 2.37. The van der Waals surface area contributed by atoms with E-state index in [1.165, 1.54) is 0 Å². The molecule has 1 aliphatic rings. The summed E-state index contributed by atoms with van der Waals surface area (Å²) >= 11 is 5.84. The molecule has 2 amide bonds. The molecule has 0 spiro atoms. The van der Waals surface area contributed by atoms with Gasteiger partial charge < -0.3 is 10.6 Å². The quantitative estimate of drug-likeness (QED) is 0.910. The Hall–Kier alpha value is -1.76. The summed E-state index contributed by atoms with van der Waals surface area (Å²) < 4.78 is 38.0. The second kappa shape index (κ2) is 4.97. The van der Waals surface area contributed by atoms with E-state index in [9.17, 15) is 22.8 Å². The van der Waals surface area contributed by atoms with Crippen molar-refractivity contribution >= 4 is 29.1 Å². The largest absolute Gasteiger partial charge is 0.416 e. The van der Waals surface area contributed by atoms with Crippen molar-refractivity contribution in [3.05, 3.63) is 28.8 Å². The fraction of sp³-hybridized carbons (Fsp3) is 0.333. The molecule has 0 aromatic heterocycles. The minimum Gasteiger partial charge on any atom is -0.369 e. The van der Waals surface area contributed by atoms with E-state index in [0.717, 1.165) is 23.1 Å². The second-order valence-corrected chi connectivity index (χ2v) is 4.88. The summed E-state index contributed by atoms with van der Waals surface area (Å²) in [7, 11) is 0. The van der Waals surface area contributed by atoms with Crippen LogP contribution in [0.2, 0.25) is 5.02 Å². The molecule has 4 nitrogen and oxygen atoms in total. The van der Waals surface area contributed by atoms with Crippen LogP contribution in [0.15, 0.2) is 18.2 Å². The minimum absolute atomic E-state index is 0.0106. The van der Waals surface area contributed by atoms with Crippen LogP contribution >= 0.6 is 11.6 Å². The molecule has 0 radical (unpaired) electrons. The van der Waals surface area contributed by atoms with Gasteiger partial charge in [-0.05, 0) is 18.2 Å². The summed E-state index contributed by atoms with van der Waals surface area (Å²) in [6.07, 6.45) is -4.66. The van der Waals surface area contributed by atoms with Gasteiger partial charge in [0.2, 0.25) is 11.8 Å². The monoisotopic (exact) mass is 306 g/mol. The number of primary amides is 1.